The van der Waals surface area contributed by atoms with Crippen molar-refractivity contribution in [1.82, 2.24) is 19.7 Å². The average Bonchev–Trinajstić information content (AvgIpc) is 3.22. The highest BCUT2D eigenvalue weighted by atomic mass is 32.2. The van der Waals surface area contributed by atoms with Gasteiger partial charge in [-0.3, -0.25) is 4.99 Å². The van der Waals surface area contributed by atoms with Crippen molar-refractivity contribution in [2.24, 2.45) is 4.99 Å². The Morgan fingerprint density at radius 3 is 2.63 bits per heavy atom. The minimum atomic E-state index is -3.50. The number of alkyl halides is 2. The first kappa shape index (κ1) is 22.0. The van der Waals surface area contributed by atoms with E-state index in [1.54, 1.807) is 25.2 Å². The summed E-state index contributed by atoms with van der Waals surface area (Å²) in [7, 11) is -1.89. The van der Waals surface area contributed by atoms with E-state index in [4.69, 9.17) is 0 Å². The van der Waals surface area contributed by atoms with Crippen LogP contribution in [0, 0.1) is 0 Å². The van der Waals surface area contributed by atoms with Crippen LogP contribution < -0.4 is 10.1 Å². The molecule has 0 amide bonds. The van der Waals surface area contributed by atoms with Gasteiger partial charge in [0.25, 0.3) is 0 Å². The number of piperazine rings is 1. The molecule has 0 bridgehead atoms. The zero-order chi connectivity index (χ0) is 21.6. The van der Waals surface area contributed by atoms with Gasteiger partial charge in [-0.15, -0.1) is 0 Å². The van der Waals surface area contributed by atoms with Gasteiger partial charge in [0.2, 0.25) is 10.0 Å². The van der Waals surface area contributed by atoms with Crippen LogP contribution in [-0.4, -0.2) is 68.6 Å². The van der Waals surface area contributed by atoms with E-state index in [0.717, 1.165) is 0 Å². The lowest BCUT2D eigenvalue weighted by Gasteiger charge is -2.35. The number of aliphatic imine (C=N–C) groups is 1. The Balaban J connectivity index is 1.56. The third kappa shape index (κ3) is 5.66. The monoisotopic (exact) mass is 443 g/mol. The number of sulfonamides is 1. The predicted molar refractivity (Wildman–Crippen MR) is 106 cm³/mol. The summed E-state index contributed by atoms with van der Waals surface area (Å²) in [6.45, 7) is -1.20. The molecular weight excluding hydrogens is 420 g/mol. The molecule has 164 valence electrons. The first-order valence-corrected chi connectivity index (χ1v) is 10.9. The topological polar surface area (TPSA) is 100 Å². The Kier molecular flexibility index (Phi) is 7.21. The van der Waals surface area contributed by atoms with Crippen LogP contribution in [0.15, 0.2) is 46.1 Å². The lowest BCUT2D eigenvalue weighted by Crippen LogP contribution is -2.53. The summed E-state index contributed by atoms with van der Waals surface area (Å²) in [5, 5.41) is 6.77. The summed E-state index contributed by atoms with van der Waals surface area (Å²) in [4.78, 5) is 6.13. The molecule has 0 unspecified atom stereocenters. The van der Waals surface area contributed by atoms with Gasteiger partial charge < -0.3 is 19.5 Å². The molecule has 0 radical (unpaired) electrons. The van der Waals surface area contributed by atoms with E-state index in [2.05, 4.69) is 24.7 Å². The molecule has 1 aromatic carbocycles. The number of benzene rings is 1. The number of aromatic nitrogens is 1. The molecule has 0 aliphatic carbocycles. The Hall–Kier alpha value is -2.73. The van der Waals surface area contributed by atoms with Crippen molar-refractivity contribution in [3.8, 4) is 5.75 Å². The second-order valence-electron chi connectivity index (χ2n) is 6.52. The second kappa shape index (κ2) is 9.85. The molecule has 0 saturated carbocycles. The maximum atomic E-state index is 12.6. The van der Waals surface area contributed by atoms with Gasteiger partial charge in [0.15, 0.2) is 5.96 Å². The van der Waals surface area contributed by atoms with Gasteiger partial charge >= 0.3 is 6.61 Å². The van der Waals surface area contributed by atoms with Crippen molar-refractivity contribution < 1.29 is 26.5 Å². The van der Waals surface area contributed by atoms with Gasteiger partial charge in [-0.1, -0.05) is 23.4 Å². The molecule has 1 N–H and O–H groups in total. The largest absolute Gasteiger partial charge is 0.434 e. The Labute approximate surface area is 173 Å². The minimum Gasteiger partial charge on any atom is -0.434 e. The Bertz CT molecular complexity index is 945. The first-order valence-electron chi connectivity index (χ1n) is 9.24. The van der Waals surface area contributed by atoms with Crippen LogP contribution in [0.3, 0.4) is 0 Å². The van der Waals surface area contributed by atoms with Crippen LogP contribution in [-0.2, 0) is 22.3 Å². The minimum absolute atomic E-state index is 0.0965. The van der Waals surface area contributed by atoms with Crippen LogP contribution in [0.5, 0.6) is 5.75 Å². The maximum absolute atomic E-state index is 12.6. The van der Waals surface area contributed by atoms with Crippen LogP contribution in [0.25, 0.3) is 0 Å². The van der Waals surface area contributed by atoms with E-state index in [1.165, 1.54) is 22.7 Å². The number of ether oxygens (including phenoxy) is 1. The molecule has 2 heterocycles. The zero-order valence-corrected chi connectivity index (χ0v) is 17.2. The van der Waals surface area contributed by atoms with E-state index in [9.17, 15) is 17.2 Å². The number of hydrogen-bond acceptors (Lipinski definition) is 6. The summed E-state index contributed by atoms with van der Waals surface area (Å²) in [5.41, 5.74) is 0.923. The molecule has 1 aromatic heterocycles. The van der Waals surface area contributed by atoms with E-state index in [-0.39, 0.29) is 18.0 Å². The van der Waals surface area contributed by atoms with Crippen LogP contribution in [0.4, 0.5) is 8.78 Å². The average molecular weight is 443 g/mol. The number of halogens is 2. The van der Waals surface area contributed by atoms with Crippen molar-refractivity contribution in [3.05, 3.63) is 47.9 Å². The van der Waals surface area contributed by atoms with Gasteiger partial charge in [-0.25, -0.2) is 8.42 Å². The summed E-state index contributed by atoms with van der Waals surface area (Å²) in [6.07, 6.45) is 1.34. The molecule has 12 heteroatoms. The molecule has 2 aromatic rings. The normalized spacial score (nSPS) is 16.1. The standard InChI is InChI=1S/C18H23F2N5O4S/c1-21-18(22-12-14-4-2-3-5-16(14)29-17(19)20)24-7-9-25(10-8-24)30(26,27)13-15-6-11-28-23-15/h2-6,11,17H,7-10,12-13H2,1H3,(H,21,22). The SMILES string of the molecule is CN=C(NCc1ccccc1OC(F)F)N1CCN(S(=O)(=O)Cc2ccon2)CC1. The number of rotatable bonds is 7. The van der Waals surface area contributed by atoms with E-state index in [1.807, 2.05) is 4.90 Å². The van der Waals surface area contributed by atoms with E-state index >= 15 is 0 Å². The van der Waals surface area contributed by atoms with Gasteiger partial charge in [0.05, 0.1) is 5.69 Å². The first-order chi connectivity index (χ1) is 14.4. The Morgan fingerprint density at radius 2 is 2.00 bits per heavy atom. The molecular formula is C18H23F2N5O4S. The summed E-state index contributed by atoms with van der Waals surface area (Å²) < 4.78 is 60.9. The molecule has 9 nitrogen and oxygen atoms in total. The fraction of sp³-hybridized carbons (Fsp3) is 0.444. The summed E-state index contributed by atoms with van der Waals surface area (Å²) in [5.74, 6) is 0.437. The molecule has 1 aliphatic rings. The number of para-hydroxylation sites is 1. The van der Waals surface area contributed by atoms with Crippen LogP contribution >= 0.6 is 0 Å². The molecule has 1 aliphatic heterocycles. The van der Waals surface area contributed by atoms with Crippen molar-refractivity contribution in [3.63, 3.8) is 0 Å². The van der Waals surface area contributed by atoms with Crippen LogP contribution in [0.1, 0.15) is 11.3 Å². The molecule has 1 fully saturated rings. The van der Waals surface area contributed by atoms with Crippen molar-refractivity contribution >= 4 is 16.0 Å². The van der Waals surface area contributed by atoms with Crippen LogP contribution in [0.2, 0.25) is 0 Å². The lowest BCUT2D eigenvalue weighted by atomic mass is 10.2. The molecule has 0 spiro atoms. The molecule has 30 heavy (non-hydrogen) atoms. The van der Waals surface area contributed by atoms with Gasteiger partial charge in [-0.05, 0) is 6.07 Å². The highest BCUT2D eigenvalue weighted by Gasteiger charge is 2.29. The third-order valence-corrected chi connectivity index (χ3v) is 6.40. The quantitative estimate of drug-likeness (QED) is 0.511. The zero-order valence-electron chi connectivity index (χ0n) is 16.4. The summed E-state index contributed by atoms with van der Waals surface area (Å²) >= 11 is 0. The number of guanidine groups is 1. The van der Waals surface area contributed by atoms with E-state index < -0.39 is 16.6 Å². The number of nitrogens with one attached hydrogen (secondary N) is 1. The molecule has 1 saturated heterocycles. The molecule has 3 rings (SSSR count). The highest BCUT2D eigenvalue weighted by Crippen LogP contribution is 2.20. The lowest BCUT2D eigenvalue weighted by molar-refractivity contribution is -0.0504. The summed E-state index contributed by atoms with van der Waals surface area (Å²) in [6, 6.07) is 8.04. The highest BCUT2D eigenvalue weighted by molar-refractivity contribution is 7.88. The fourth-order valence-electron chi connectivity index (χ4n) is 3.14. The van der Waals surface area contributed by atoms with Crippen molar-refractivity contribution in [2.45, 2.75) is 18.9 Å². The predicted octanol–water partition coefficient (Wildman–Crippen LogP) is 1.50. The number of hydrogen-bond donors (Lipinski definition) is 1. The second-order valence-corrected chi connectivity index (χ2v) is 8.49. The fourth-order valence-corrected chi connectivity index (χ4v) is 4.56. The van der Waals surface area contributed by atoms with Crippen molar-refractivity contribution in [1.29, 1.82) is 0 Å². The third-order valence-electron chi connectivity index (χ3n) is 4.59. The van der Waals surface area contributed by atoms with Crippen molar-refractivity contribution in [2.75, 3.05) is 33.2 Å². The van der Waals surface area contributed by atoms with E-state index in [0.29, 0.717) is 43.4 Å². The van der Waals surface area contributed by atoms with Gasteiger partial charge in [0.1, 0.15) is 17.8 Å². The maximum Gasteiger partial charge on any atom is 0.387 e. The molecule has 0 atom stereocenters. The van der Waals surface area contributed by atoms with Gasteiger partial charge in [0, 0.05) is 51.4 Å². The smallest absolute Gasteiger partial charge is 0.387 e. The Morgan fingerprint density at radius 1 is 1.27 bits per heavy atom. The van der Waals surface area contributed by atoms with Gasteiger partial charge in [-0.2, -0.15) is 13.1 Å². The number of nitrogens with zero attached hydrogens (tertiary/aromatic N) is 4.